The van der Waals surface area contributed by atoms with E-state index in [0.717, 1.165) is 0 Å². The van der Waals surface area contributed by atoms with E-state index in [9.17, 15) is 53.4 Å². The Morgan fingerprint density at radius 2 is 0.985 bits per heavy atom. The SMILES string of the molecule is CC[C@H](C)[C@H](NC(=O)[C@H](CS)NC(=O)[C@@H](N)CCCN=C(N)N)C(=O)N[C@@H](CS)C(=O)N[C@H](C(=O)N[C@@H](CCCN=C(N)N)C(=O)NCC(=O)N[C@H](C(=O)N[C@@H](CS)C(=O)O)C(C)C)[C@@H](C)O. The predicted octanol–water partition coefficient (Wildman–Crippen LogP) is -6.11. The van der Waals surface area contributed by atoms with Crippen molar-refractivity contribution in [3.05, 3.63) is 0 Å². The van der Waals surface area contributed by atoms with Crippen molar-refractivity contribution < 1.29 is 53.4 Å². The third kappa shape index (κ3) is 23.9. The fourth-order valence-corrected chi connectivity index (χ4v) is 6.49. The quantitative estimate of drug-likeness (QED) is 0.0129. The van der Waals surface area contributed by atoms with Crippen LogP contribution in [0.1, 0.15) is 66.7 Å². The van der Waals surface area contributed by atoms with Crippen LogP contribution in [-0.4, -0.2) is 167 Å². The Morgan fingerprint density at radius 3 is 1.43 bits per heavy atom. The summed E-state index contributed by atoms with van der Waals surface area (Å²) in [5.41, 5.74) is 27.4. The van der Waals surface area contributed by atoms with Gasteiger partial charge < -0.3 is 81.4 Å². The summed E-state index contributed by atoms with van der Waals surface area (Å²) in [6, 6.07) is -10.6. The molecular weight excluding hydrogens is 939 g/mol. The number of aliphatic imine (C=N–C) groups is 2. The van der Waals surface area contributed by atoms with Gasteiger partial charge in [-0.3, -0.25) is 48.3 Å². The number of amides is 8. The lowest BCUT2D eigenvalue weighted by atomic mass is 9.97. The van der Waals surface area contributed by atoms with Gasteiger partial charge >= 0.3 is 5.97 Å². The molecule has 26 nitrogen and oxygen atoms in total. The Balaban J connectivity index is 6.05. The first-order valence-electron chi connectivity index (χ1n) is 21.3. The molecule has 0 radical (unpaired) electrons. The Hall–Kier alpha value is -5.26. The average Bonchev–Trinajstić information content (AvgIpc) is 3.26. The number of rotatable bonds is 32. The van der Waals surface area contributed by atoms with E-state index < -0.39 is 126 Å². The highest BCUT2D eigenvalue weighted by Crippen LogP contribution is 2.11. The number of aliphatic hydroxyl groups is 1. The van der Waals surface area contributed by atoms with E-state index in [-0.39, 0.29) is 61.5 Å². The molecule has 0 rings (SSSR count). The number of aliphatic carboxylic acids is 1. The van der Waals surface area contributed by atoms with E-state index in [1.54, 1.807) is 27.7 Å². The van der Waals surface area contributed by atoms with Crippen LogP contribution in [0.3, 0.4) is 0 Å². The summed E-state index contributed by atoms with van der Waals surface area (Å²) < 4.78 is 0. The van der Waals surface area contributed by atoms with Gasteiger partial charge in [0.1, 0.15) is 42.3 Å². The molecule has 0 spiro atoms. The van der Waals surface area contributed by atoms with Gasteiger partial charge in [0.2, 0.25) is 47.3 Å². The Labute approximate surface area is 406 Å². The number of thiol groups is 3. The van der Waals surface area contributed by atoms with E-state index >= 15 is 0 Å². The second kappa shape index (κ2) is 32.4. The summed E-state index contributed by atoms with van der Waals surface area (Å²) in [4.78, 5) is 125. The van der Waals surface area contributed by atoms with Crippen molar-refractivity contribution in [1.29, 1.82) is 0 Å². The first kappa shape index (κ1) is 61.7. The number of carbonyl (C=O) groups excluding carboxylic acids is 8. The smallest absolute Gasteiger partial charge is 0.327 e. The topological polar surface area (TPSA) is 445 Å². The minimum Gasteiger partial charge on any atom is -0.480 e. The molecule has 0 aliphatic carbocycles. The standard InChI is InChI=1S/C38H71N15O11S3/c1-6-18(4)27(52-31(58)22(14-65)48-29(56)20(39)9-7-11-44-37(40)41)34(61)49-23(15-66)32(59)53-28(19(5)54)35(62)47-21(10-8-12-45-38(42)43)30(57)46-13-25(55)51-26(17(2)3)33(60)50-24(16-67)36(63)64/h17-24,26-28,54,65-67H,6-16,39H2,1-5H3,(H,46,57)(H,47,62)(H,48,56)(H,49,61)(H,50,60)(H,51,55)(H,52,58)(H,53,59)(H,63,64)(H4,40,41,44)(H4,42,43,45)/t18-,19+,20-,21-,22-,23-,24-,26-,27-,28-/m0/s1. The number of aliphatic hydroxyl groups excluding tert-OH is 1. The molecule has 0 aromatic heterocycles. The highest BCUT2D eigenvalue weighted by atomic mass is 32.1. The number of nitrogens with zero attached hydrogens (tertiary/aromatic N) is 2. The van der Waals surface area contributed by atoms with Gasteiger partial charge in [0.25, 0.3) is 0 Å². The number of nitrogens with one attached hydrogen (secondary N) is 8. The second-order valence-corrected chi connectivity index (χ2v) is 16.8. The van der Waals surface area contributed by atoms with Crippen LogP contribution in [0.2, 0.25) is 0 Å². The Morgan fingerprint density at radius 1 is 0.552 bits per heavy atom. The molecular formula is C38H71N15O11S3. The predicted molar refractivity (Wildman–Crippen MR) is 259 cm³/mol. The van der Waals surface area contributed by atoms with Crippen molar-refractivity contribution in [3.63, 3.8) is 0 Å². The summed E-state index contributed by atoms with van der Waals surface area (Å²) in [5, 5.41) is 39.4. The lowest BCUT2D eigenvalue weighted by Crippen LogP contribution is -2.62. The summed E-state index contributed by atoms with van der Waals surface area (Å²) in [6.07, 6.45) is -0.609. The van der Waals surface area contributed by atoms with Crippen LogP contribution in [0.5, 0.6) is 0 Å². The summed E-state index contributed by atoms with van der Waals surface area (Å²) in [6.45, 7) is 7.36. The second-order valence-electron chi connectivity index (χ2n) is 15.7. The molecule has 0 fully saturated rings. The van der Waals surface area contributed by atoms with Gasteiger partial charge in [0, 0.05) is 30.3 Å². The summed E-state index contributed by atoms with van der Waals surface area (Å²) >= 11 is 12.3. The van der Waals surface area contributed by atoms with Crippen molar-refractivity contribution in [1.82, 2.24) is 42.5 Å². The molecule has 0 bridgehead atoms. The number of hydrogen-bond acceptors (Lipinski definition) is 16. The maximum absolute atomic E-state index is 13.7. The van der Waals surface area contributed by atoms with E-state index in [4.69, 9.17) is 28.7 Å². The number of guanidine groups is 2. The lowest BCUT2D eigenvalue weighted by Gasteiger charge is -2.29. The zero-order valence-corrected chi connectivity index (χ0v) is 41.0. The minimum absolute atomic E-state index is 0.0240. The van der Waals surface area contributed by atoms with Crippen molar-refractivity contribution in [2.45, 2.75) is 121 Å². The maximum Gasteiger partial charge on any atom is 0.327 e. The fraction of sp³-hybridized carbons (Fsp3) is 0.711. The fourth-order valence-electron chi connectivity index (χ4n) is 5.72. The third-order valence-electron chi connectivity index (χ3n) is 9.86. The molecule has 382 valence electrons. The molecule has 29 heteroatoms. The van der Waals surface area contributed by atoms with Gasteiger partial charge in [-0.25, -0.2) is 4.79 Å². The molecule has 0 aromatic rings. The number of nitrogens with two attached hydrogens (primary N) is 5. The largest absolute Gasteiger partial charge is 0.480 e. The zero-order valence-electron chi connectivity index (χ0n) is 38.3. The maximum atomic E-state index is 13.7. The third-order valence-corrected chi connectivity index (χ3v) is 11.0. The van der Waals surface area contributed by atoms with Crippen LogP contribution in [0.4, 0.5) is 0 Å². The van der Waals surface area contributed by atoms with E-state index in [1.165, 1.54) is 6.92 Å². The van der Waals surface area contributed by atoms with Gasteiger partial charge in [0.15, 0.2) is 11.9 Å². The molecule has 0 saturated carbocycles. The van der Waals surface area contributed by atoms with Crippen molar-refractivity contribution in [2.24, 2.45) is 50.5 Å². The normalized spacial score (nSPS) is 15.4. The van der Waals surface area contributed by atoms with Crippen LogP contribution in [0.25, 0.3) is 0 Å². The first-order valence-corrected chi connectivity index (χ1v) is 23.2. The van der Waals surface area contributed by atoms with Crippen molar-refractivity contribution in [2.75, 3.05) is 36.9 Å². The van der Waals surface area contributed by atoms with Crippen LogP contribution in [-0.2, 0) is 43.2 Å². The summed E-state index contributed by atoms with van der Waals surface area (Å²) in [5.74, 6) is -10.2. The molecule has 67 heavy (non-hydrogen) atoms. The van der Waals surface area contributed by atoms with Crippen molar-refractivity contribution in [3.8, 4) is 0 Å². The minimum atomic E-state index is -1.72. The Kier molecular flexibility index (Phi) is 29.9. The number of carbonyl (C=O) groups is 9. The number of hydrogen-bond donors (Lipinski definition) is 18. The molecule has 0 aromatic carbocycles. The van der Waals surface area contributed by atoms with Crippen LogP contribution < -0.4 is 71.2 Å². The molecule has 20 N–H and O–H groups in total. The zero-order chi connectivity index (χ0) is 51.6. The molecule has 8 amide bonds. The highest BCUT2D eigenvalue weighted by molar-refractivity contribution is 7.80. The molecule has 0 saturated heterocycles. The van der Waals surface area contributed by atoms with E-state index in [2.05, 4.69) is 90.4 Å². The van der Waals surface area contributed by atoms with Gasteiger partial charge in [-0.1, -0.05) is 34.1 Å². The monoisotopic (exact) mass is 1010 g/mol. The number of carboxylic acid groups (broad SMARTS) is 1. The molecule has 0 heterocycles. The first-order chi connectivity index (χ1) is 31.3. The molecule has 0 aliphatic rings. The highest BCUT2D eigenvalue weighted by Gasteiger charge is 2.36. The van der Waals surface area contributed by atoms with Crippen molar-refractivity contribution >= 4 is 103 Å². The molecule has 10 atom stereocenters. The average molecular weight is 1010 g/mol. The van der Waals surface area contributed by atoms with Crippen LogP contribution in [0.15, 0.2) is 9.98 Å². The van der Waals surface area contributed by atoms with E-state index in [0.29, 0.717) is 12.8 Å². The van der Waals surface area contributed by atoms with Gasteiger partial charge in [-0.05, 0) is 44.4 Å². The van der Waals surface area contributed by atoms with Gasteiger partial charge in [-0.15, -0.1) is 0 Å². The Bertz CT molecular complexity index is 1740. The van der Waals surface area contributed by atoms with Crippen LogP contribution >= 0.6 is 37.9 Å². The lowest BCUT2D eigenvalue weighted by molar-refractivity contribution is -0.141. The molecule has 0 aliphatic heterocycles. The number of carboxylic acids is 1. The van der Waals surface area contributed by atoms with Crippen LogP contribution in [0, 0.1) is 11.8 Å². The molecule has 0 unspecified atom stereocenters. The van der Waals surface area contributed by atoms with Gasteiger partial charge in [-0.2, -0.15) is 37.9 Å². The summed E-state index contributed by atoms with van der Waals surface area (Å²) in [7, 11) is 0. The van der Waals surface area contributed by atoms with Gasteiger partial charge in [0.05, 0.1) is 18.7 Å². The van der Waals surface area contributed by atoms with E-state index in [1.807, 2.05) is 0 Å².